The van der Waals surface area contributed by atoms with Crippen LogP contribution in [0.5, 0.6) is 11.5 Å². The lowest BCUT2D eigenvalue weighted by Crippen LogP contribution is -2.11. The SMILES string of the molecule is COc1ccncc1-c1c(-c2cccc(F)c2)nc(N)c(C#N)c1OC(C)C. The highest BCUT2D eigenvalue weighted by Crippen LogP contribution is 2.45. The molecule has 142 valence electrons. The molecule has 28 heavy (non-hydrogen) atoms. The molecule has 3 rings (SSSR count). The van der Waals surface area contributed by atoms with Gasteiger partial charge in [-0.1, -0.05) is 12.1 Å². The largest absolute Gasteiger partial charge is 0.496 e. The number of pyridine rings is 2. The molecule has 0 aliphatic carbocycles. The third kappa shape index (κ3) is 3.58. The fourth-order valence-corrected chi connectivity index (χ4v) is 2.88. The normalized spacial score (nSPS) is 10.6. The number of hydrogen-bond donors (Lipinski definition) is 1. The van der Waals surface area contributed by atoms with E-state index >= 15 is 0 Å². The highest BCUT2D eigenvalue weighted by atomic mass is 19.1. The van der Waals surface area contributed by atoms with Crippen LogP contribution in [0.2, 0.25) is 0 Å². The van der Waals surface area contributed by atoms with Gasteiger partial charge in [0.15, 0.2) is 5.75 Å². The first-order chi connectivity index (χ1) is 13.5. The van der Waals surface area contributed by atoms with E-state index in [1.54, 1.807) is 30.6 Å². The Balaban J connectivity index is 2.46. The summed E-state index contributed by atoms with van der Waals surface area (Å²) in [6, 6.07) is 9.72. The van der Waals surface area contributed by atoms with Crippen molar-refractivity contribution >= 4 is 5.82 Å². The number of rotatable bonds is 5. The number of nitriles is 1. The topological polar surface area (TPSA) is 94.0 Å². The lowest BCUT2D eigenvalue weighted by molar-refractivity contribution is 0.243. The van der Waals surface area contributed by atoms with Gasteiger partial charge < -0.3 is 15.2 Å². The summed E-state index contributed by atoms with van der Waals surface area (Å²) in [6.45, 7) is 3.67. The van der Waals surface area contributed by atoms with Crippen molar-refractivity contribution in [2.45, 2.75) is 20.0 Å². The summed E-state index contributed by atoms with van der Waals surface area (Å²) in [5.74, 6) is 0.356. The van der Waals surface area contributed by atoms with Crippen LogP contribution < -0.4 is 15.2 Å². The first kappa shape index (κ1) is 19.1. The third-order valence-corrected chi connectivity index (χ3v) is 4.01. The smallest absolute Gasteiger partial charge is 0.151 e. The van der Waals surface area contributed by atoms with Crippen molar-refractivity contribution < 1.29 is 13.9 Å². The van der Waals surface area contributed by atoms with Gasteiger partial charge in [0.2, 0.25) is 0 Å². The Morgan fingerprint density at radius 3 is 2.68 bits per heavy atom. The highest BCUT2D eigenvalue weighted by molar-refractivity contribution is 5.91. The Morgan fingerprint density at radius 1 is 1.25 bits per heavy atom. The molecule has 0 unspecified atom stereocenters. The van der Waals surface area contributed by atoms with Gasteiger partial charge in [0.25, 0.3) is 0 Å². The maximum absolute atomic E-state index is 13.9. The number of anilines is 1. The van der Waals surface area contributed by atoms with Crippen LogP contribution in [-0.4, -0.2) is 23.2 Å². The van der Waals surface area contributed by atoms with Gasteiger partial charge in [-0.15, -0.1) is 0 Å². The van der Waals surface area contributed by atoms with Crippen LogP contribution in [0, 0.1) is 17.1 Å². The molecule has 1 aromatic carbocycles. The second-order valence-electron chi connectivity index (χ2n) is 6.29. The van der Waals surface area contributed by atoms with Crippen LogP contribution in [0.15, 0.2) is 42.7 Å². The van der Waals surface area contributed by atoms with Crippen molar-refractivity contribution in [2.24, 2.45) is 0 Å². The van der Waals surface area contributed by atoms with Crippen LogP contribution in [0.1, 0.15) is 19.4 Å². The predicted octanol–water partition coefficient (Wildman–Crippen LogP) is 4.20. The lowest BCUT2D eigenvalue weighted by Gasteiger charge is -2.21. The fraction of sp³-hybridized carbons (Fsp3) is 0.190. The van der Waals surface area contributed by atoms with Gasteiger partial charge in [-0.05, 0) is 32.0 Å². The molecule has 0 aliphatic heterocycles. The van der Waals surface area contributed by atoms with Crippen molar-refractivity contribution in [3.63, 3.8) is 0 Å². The highest BCUT2D eigenvalue weighted by Gasteiger charge is 2.25. The third-order valence-electron chi connectivity index (χ3n) is 4.01. The molecule has 3 aromatic rings. The number of hydrogen-bond acceptors (Lipinski definition) is 6. The Labute approximate surface area is 162 Å². The van der Waals surface area contributed by atoms with E-state index in [1.165, 1.54) is 19.2 Å². The molecule has 0 fully saturated rings. The zero-order valence-corrected chi connectivity index (χ0v) is 15.7. The van der Waals surface area contributed by atoms with E-state index in [4.69, 9.17) is 15.2 Å². The summed E-state index contributed by atoms with van der Waals surface area (Å²) < 4.78 is 25.4. The second-order valence-corrected chi connectivity index (χ2v) is 6.29. The van der Waals surface area contributed by atoms with Gasteiger partial charge in [-0.25, -0.2) is 9.37 Å². The zero-order valence-electron chi connectivity index (χ0n) is 15.7. The van der Waals surface area contributed by atoms with E-state index in [9.17, 15) is 9.65 Å². The first-order valence-corrected chi connectivity index (χ1v) is 8.60. The van der Waals surface area contributed by atoms with Crippen molar-refractivity contribution in [1.29, 1.82) is 5.26 Å². The van der Waals surface area contributed by atoms with Gasteiger partial charge in [0.1, 0.15) is 29.0 Å². The summed E-state index contributed by atoms with van der Waals surface area (Å²) in [7, 11) is 1.53. The van der Waals surface area contributed by atoms with E-state index in [1.807, 2.05) is 13.8 Å². The van der Waals surface area contributed by atoms with Crippen LogP contribution in [0.3, 0.4) is 0 Å². The number of aromatic nitrogens is 2. The number of benzene rings is 1. The van der Waals surface area contributed by atoms with Gasteiger partial charge in [0, 0.05) is 23.5 Å². The summed E-state index contributed by atoms with van der Waals surface area (Å²) in [6.07, 6.45) is 2.93. The van der Waals surface area contributed by atoms with E-state index in [2.05, 4.69) is 16.0 Å². The Hall–Kier alpha value is -3.66. The molecule has 0 atom stereocenters. The molecule has 2 aromatic heterocycles. The van der Waals surface area contributed by atoms with Crippen molar-refractivity contribution in [2.75, 3.05) is 12.8 Å². The standard InChI is InChI=1S/C21H19FN4O2/c1-12(2)28-20-15(10-23)21(24)26-19(13-5-4-6-14(22)9-13)18(20)16-11-25-8-7-17(16)27-3/h4-9,11-12H,1-3H3,(H2,24,26). The second kappa shape index (κ2) is 7.92. The van der Waals surface area contributed by atoms with Crippen LogP contribution >= 0.6 is 0 Å². The van der Waals surface area contributed by atoms with E-state index in [0.29, 0.717) is 28.1 Å². The molecular weight excluding hydrogens is 359 g/mol. The fourth-order valence-electron chi connectivity index (χ4n) is 2.88. The minimum atomic E-state index is -0.419. The average molecular weight is 378 g/mol. The summed E-state index contributed by atoms with van der Waals surface area (Å²) in [5, 5.41) is 9.66. The number of ether oxygens (including phenoxy) is 2. The molecule has 0 amide bonds. The maximum Gasteiger partial charge on any atom is 0.151 e. The average Bonchev–Trinajstić information content (AvgIpc) is 2.67. The lowest BCUT2D eigenvalue weighted by atomic mass is 9.96. The van der Waals surface area contributed by atoms with Gasteiger partial charge in [-0.2, -0.15) is 5.26 Å². The summed E-state index contributed by atoms with van der Waals surface area (Å²) in [4.78, 5) is 8.57. The van der Waals surface area contributed by atoms with Gasteiger partial charge >= 0.3 is 0 Å². The van der Waals surface area contributed by atoms with Crippen molar-refractivity contribution in [3.05, 3.63) is 54.1 Å². The molecule has 0 saturated heterocycles. The van der Waals surface area contributed by atoms with Crippen LogP contribution in [0.4, 0.5) is 10.2 Å². The monoisotopic (exact) mass is 378 g/mol. The molecule has 0 saturated carbocycles. The van der Waals surface area contributed by atoms with Crippen LogP contribution in [-0.2, 0) is 0 Å². The molecule has 0 radical (unpaired) electrons. The molecule has 0 spiro atoms. The Morgan fingerprint density at radius 2 is 2.04 bits per heavy atom. The van der Waals surface area contributed by atoms with Crippen molar-refractivity contribution in [1.82, 2.24) is 9.97 Å². The molecule has 6 nitrogen and oxygen atoms in total. The minimum absolute atomic E-state index is 0.00372. The zero-order chi connectivity index (χ0) is 20.3. The molecule has 0 bridgehead atoms. The van der Waals surface area contributed by atoms with Gasteiger partial charge in [-0.3, -0.25) is 4.98 Å². The quantitative estimate of drug-likeness (QED) is 0.715. The summed E-state index contributed by atoms with van der Waals surface area (Å²) >= 11 is 0. The minimum Gasteiger partial charge on any atom is -0.496 e. The molecule has 0 aliphatic rings. The van der Waals surface area contributed by atoms with Crippen LogP contribution in [0.25, 0.3) is 22.4 Å². The molecule has 7 heteroatoms. The first-order valence-electron chi connectivity index (χ1n) is 8.60. The maximum atomic E-state index is 13.9. The number of nitrogens with two attached hydrogens (primary N) is 1. The van der Waals surface area contributed by atoms with Gasteiger partial charge in [0.05, 0.1) is 24.5 Å². The molecule has 2 heterocycles. The van der Waals surface area contributed by atoms with E-state index in [0.717, 1.165) is 0 Å². The number of halogens is 1. The summed E-state index contributed by atoms with van der Waals surface area (Å²) in [5.41, 5.74) is 8.04. The predicted molar refractivity (Wildman–Crippen MR) is 104 cm³/mol. The molecular formula is C21H19FN4O2. The number of nitrogen functional groups attached to an aromatic ring is 1. The molecule has 2 N–H and O–H groups in total. The van der Waals surface area contributed by atoms with Crippen molar-refractivity contribution in [3.8, 4) is 40.0 Å². The van der Waals surface area contributed by atoms with E-state index < -0.39 is 5.82 Å². The Kier molecular flexibility index (Phi) is 5.41. The van der Waals surface area contributed by atoms with E-state index in [-0.39, 0.29) is 23.2 Å². The number of nitrogens with zero attached hydrogens (tertiary/aromatic N) is 3. The number of methoxy groups -OCH3 is 1. The Bertz CT molecular complexity index is 1060.